The average molecular weight is 318 g/mol. The van der Waals surface area contributed by atoms with Crippen molar-refractivity contribution in [3.8, 4) is 0 Å². The van der Waals surface area contributed by atoms with Gasteiger partial charge in [0.15, 0.2) is 0 Å². The van der Waals surface area contributed by atoms with E-state index >= 15 is 0 Å². The molecule has 0 aliphatic heterocycles. The van der Waals surface area contributed by atoms with Crippen LogP contribution in [-0.2, 0) is 16.0 Å². The zero-order valence-corrected chi connectivity index (χ0v) is 13.9. The monoisotopic (exact) mass is 318 g/mol. The van der Waals surface area contributed by atoms with E-state index in [-0.39, 0.29) is 11.9 Å². The maximum absolute atomic E-state index is 12.0. The Kier molecular flexibility index (Phi) is 5.27. The lowest BCUT2D eigenvalue weighted by Gasteiger charge is -2.12. The van der Waals surface area contributed by atoms with Gasteiger partial charge < -0.3 is 4.74 Å². The van der Waals surface area contributed by atoms with Crippen molar-refractivity contribution in [3.05, 3.63) is 83.9 Å². The van der Waals surface area contributed by atoms with Gasteiger partial charge in [0.05, 0.1) is 6.61 Å². The number of ether oxygens (including phenoxy) is 1. The SMILES string of the molecule is C[C@@H](COC(=O)CCc1ccc2ccccc2c1)c1ccccc1. The molecular weight excluding hydrogens is 296 g/mol. The largest absolute Gasteiger partial charge is 0.465 e. The van der Waals surface area contributed by atoms with Crippen molar-refractivity contribution in [3.63, 3.8) is 0 Å². The summed E-state index contributed by atoms with van der Waals surface area (Å²) in [5.41, 5.74) is 2.36. The van der Waals surface area contributed by atoms with Gasteiger partial charge in [0.1, 0.15) is 0 Å². The third kappa shape index (κ3) is 4.23. The minimum Gasteiger partial charge on any atom is -0.465 e. The van der Waals surface area contributed by atoms with Gasteiger partial charge in [-0.05, 0) is 28.3 Å². The van der Waals surface area contributed by atoms with E-state index in [4.69, 9.17) is 4.74 Å². The zero-order valence-electron chi connectivity index (χ0n) is 13.9. The summed E-state index contributed by atoms with van der Waals surface area (Å²) in [7, 11) is 0. The summed E-state index contributed by atoms with van der Waals surface area (Å²) >= 11 is 0. The van der Waals surface area contributed by atoms with Gasteiger partial charge >= 0.3 is 5.97 Å². The summed E-state index contributed by atoms with van der Waals surface area (Å²) in [5.74, 6) is 0.0850. The fourth-order valence-electron chi connectivity index (χ4n) is 2.81. The number of fused-ring (bicyclic) bond motifs is 1. The molecule has 0 aliphatic carbocycles. The number of aryl methyl sites for hydroxylation is 1. The topological polar surface area (TPSA) is 26.3 Å². The summed E-state index contributed by atoms with van der Waals surface area (Å²) in [4.78, 5) is 12.0. The fraction of sp³-hybridized carbons (Fsp3) is 0.227. The second kappa shape index (κ2) is 7.78. The number of hydrogen-bond acceptors (Lipinski definition) is 2. The van der Waals surface area contributed by atoms with E-state index in [0.29, 0.717) is 19.4 Å². The zero-order chi connectivity index (χ0) is 16.8. The van der Waals surface area contributed by atoms with Crippen molar-refractivity contribution in [2.75, 3.05) is 6.61 Å². The van der Waals surface area contributed by atoms with E-state index in [1.807, 2.05) is 30.3 Å². The molecule has 0 radical (unpaired) electrons. The minimum absolute atomic E-state index is 0.133. The molecule has 0 fully saturated rings. The van der Waals surface area contributed by atoms with Crippen LogP contribution in [0.2, 0.25) is 0 Å². The lowest BCUT2D eigenvalue weighted by atomic mass is 10.0. The van der Waals surface area contributed by atoms with Crippen LogP contribution in [-0.4, -0.2) is 12.6 Å². The van der Waals surface area contributed by atoms with Crippen molar-refractivity contribution in [1.29, 1.82) is 0 Å². The van der Waals surface area contributed by atoms with Gasteiger partial charge in [0.2, 0.25) is 0 Å². The van der Waals surface area contributed by atoms with Crippen LogP contribution >= 0.6 is 0 Å². The quantitative estimate of drug-likeness (QED) is 0.590. The Bertz CT molecular complexity index is 808. The standard InChI is InChI=1S/C22H22O2/c1-17(19-7-3-2-4-8-19)16-24-22(23)14-12-18-11-13-20-9-5-6-10-21(20)15-18/h2-11,13,15,17H,12,14,16H2,1H3/t17-/m0/s1. The van der Waals surface area contributed by atoms with Crippen LogP contribution in [0.5, 0.6) is 0 Å². The Morgan fingerprint density at radius 2 is 1.62 bits per heavy atom. The highest BCUT2D eigenvalue weighted by Crippen LogP contribution is 2.18. The van der Waals surface area contributed by atoms with Crippen molar-refractivity contribution >= 4 is 16.7 Å². The first-order chi connectivity index (χ1) is 11.7. The maximum atomic E-state index is 12.0. The molecule has 0 N–H and O–H groups in total. The maximum Gasteiger partial charge on any atom is 0.306 e. The van der Waals surface area contributed by atoms with E-state index < -0.39 is 0 Å². The predicted octanol–water partition coefficient (Wildman–Crippen LogP) is 5.12. The highest BCUT2D eigenvalue weighted by atomic mass is 16.5. The third-order valence-electron chi connectivity index (χ3n) is 4.29. The summed E-state index contributed by atoms with van der Waals surface area (Å²) in [6, 6.07) is 24.7. The molecular formula is C22H22O2. The Morgan fingerprint density at radius 3 is 2.42 bits per heavy atom. The molecule has 0 aliphatic rings. The Balaban J connectivity index is 1.49. The third-order valence-corrected chi connectivity index (χ3v) is 4.29. The Labute approximate surface area is 143 Å². The minimum atomic E-state index is -0.133. The van der Waals surface area contributed by atoms with E-state index in [1.165, 1.54) is 21.9 Å². The molecule has 1 atom stereocenters. The van der Waals surface area contributed by atoms with Gasteiger partial charge in [-0.25, -0.2) is 0 Å². The Hall–Kier alpha value is -2.61. The molecule has 0 amide bonds. The average Bonchev–Trinajstić information content (AvgIpc) is 2.65. The Morgan fingerprint density at radius 1 is 0.917 bits per heavy atom. The number of hydrogen-bond donors (Lipinski definition) is 0. The van der Waals surface area contributed by atoms with Gasteiger partial charge in [-0.15, -0.1) is 0 Å². The molecule has 122 valence electrons. The van der Waals surface area contributed by atoms with Crippen molar-refractivity contribution < 1.29 is 9.53 Å². The molecule has 0 bridgehead atoms. The number of carbonyl (C=O) groups is 1. The van der Waals surface area contributed by atoms with Crippen LogP contribution in [0.4, 0.5) is 0 Å². The predicted molar refractivity (Wildman–Crippen MR) is 98.1 cm³/mol. The van der Waals surface area contributed by atoms with Crippen molar-refractivity contribution in [2.45, 2.75) is 25.7 Å². The first kappa shape index (κ1) is 16.3. The summed E-state index contributed by atoms with van der Waals surface area (Å²) in [5, 5.41) is 2.43. The van der Waals surface area contributed by atoms with Crippen LogP contribution in [0, 0.1) is 0 Å². The molecule has 0 spiro atoms. The lowest BCUT2D eigenvalue weighted by Crippen LogP contribution is -2.11. The molecule has 2 nitrogen and oxygen atoms in total. The smallest absolute Gasteiger partial charge is 0.306 e. The van der Waals surface area contributed by atoms with E-state index in [0.717, 1.165) is 0 Å². The molecule has 0 unspecified atom stereocenters. The highest BCUT2D eigenvalue weighted by Gasteiger charge is 2.09. The molecule has 24 heavy (non-hydrogen) atoms. The second-order valence-electron chi connectivity index (χ2n) is 6.18. The van der Waals surface area contributed by atoms with E-state index in [9.17, 15) is 4.79 Å². The van der Waals surface area contributed by atoms with Gasteiger partial charge in [0.25, 0.3) is 0 Å². The summed E-state index contributed by atoms with van der Waals surface area (Å²) in [6.45, 7) is 2.51. The molecule has 2 heteroatoms. The second-order valence-corrected chi connectivity index (χ2v) is 6.18. The van der Waals surface area contributed by atoms with E-state index in [2.05, 4.69) is 49.4 Å². The van der Waals surface area contributed by atoms with Gasteiger partial charge in [-0.1, -0.05) is 79.7 Å². The summed E-state index contributed by atoms with van der Waals surface area (Å²) < 4.78 is 5.43. The first-order valence-corrected chi connectivity index (χ1v) is 8.40. The van der Waals surface area contributed by atoms with Crippen LogP contribution in [0.1, 0.15) is 30.4 Å². The molecule has 0 saturated carbocycles. The normalized spacial score (nSPS) is 12.0. The van der Waals surface area contributed by atoms with Crippen LogP contribution in [0.15, 0.2) is 72.8 Å². The number of esters is 1. The molecule has 3 aromatic carbocycles. The number of benzene rings is 3. The number of carbonyl (C=O) groups excluding carboxylic acids is 1. The van der Waals surface area contributed by atoms with Gasteiger partial charge in [-0.2, -0.15) is 0 Å². The van der Waals surface area contributed by atoms with Gasteiger partial charge in [-0.3, -0.25) is 4.79 Å². The van der Waals surface area contributed by atoms with Crippen molar-refractivity contribution in [1.82, 2.24) is 0 Å². The van der Waals surface area contributed by atoms with E-state index in [1.54, 1.807) is 0 Å². The summed E-state index contributed by atoms with van der Waals surface area (Å²) in [6.07, 6.45) is 1.13. The lowest BCUT2D eigenvalue weighted by molar-refractivity contribution is -0.144. The molecule has 0 aromatic heterocycles. The van der Waals surface area contributed by atoms with Crippen LogP contribution in [0.3, 0.4) is 0 Å². The van der Waals surface area contributed by atoms with Gasteiger partial charge in [0, 0.05) is 12.3 Å². The van der Waals surface area contributed by atoms with Crippen molar-refractivity contribution in [2.24, 2.45) is 0 Å². The fourth-order valence-corrected chi connectivity index (χ4v) is 2.81. The number of rotatable bonds is 6. The molecule has 0 saturated heterocycles. The molecule has 3 rings (SSSR count). The first-order valence-electron chi connectivity index (χ1n) is 8.40. The molecule has 0 heterocycles. The van der Waals surface area contributed by atoms with Crippen LogP contribution < -0.4 is 0 Å². The molecule has 3 aromatic rings. The van der Waals surface area contributed by atoms with Crippen LogP contribution in [0.25, 0.3) is 10.8 Å². The highest BCUT2D eigenvalue weighted by molar-refractivity contribution is 5.83.